The number of ether oxygens (including phenoxy) is 2. The smallest absolute Gasteiger partial charge is 0.247 e. The summed E-state index contributed by atoms with van der Waals surface area (Å²) >= 11 is 5.92. The lowest BCUT2D eigenvalue weighted by atomic mass is 9.94. The van der Waals surface area contributed by atoms with E-state index < -0.39 is 6.04 Å². The Morgan fingerprint density at radius 1 is 1.17 bits per heavy atom. The van der Waals surface area contributed by atoms with Gasteiger partial charge in [-0.25, -0.2) is 0 Å². The molecule has 3 rings (SSSR count). The maximum absolute atomic E-state index is 13.4. The molecule has 2 atom stereocenters. The van der Waals surface area contributed by atoms with Crippen LogP contribution in [0.3, 0.4) is 0 Å². The Bertz CT molecular complexity index is 670. The van der Waals surface area contributed by atoms with Gasteiger partial charge in [0.25, 0.3) is 0 Å². The maximum atomic E-state index is 13.4. The highest BCUT2D eigenvalue weighted by molar-refractivity contribution is 6.27. The number of nitrogens with zero attached hydrogens (tertiary/aromatic N) is 1. The summed E-state index contributed by atoms with van der Waals surface area (Å²) in [5.74, 6) is 0.116. The second kappa shape index (κ2) is 10.8. The van der Waals surface area contributed by atoms with Crippen molar-refractivity contribution in [3.63, 3.8) is 0 Å². The number of carbonyl (C=O) groups excluding carboxylic acids is 2. The van der Waals surface area contributed by atoms with E-state index >= 15 is 0 Å². The monoisotopic (exact) mass is 422 g/mol. The first-order valence-corrected chi connectivity index (χ1v) is 11.1. The molecule has 1 aromatic carbocycles. The van der Waals surface area contributed by atoms with Crippen molar-refractivity contribution in [1.82, 2.24) is 10.2 Å². The Balaban J connectivity index is 1.86. The van der Waals surface area contributed by atoms with Crippen LogP contribution in [0.2, 0.25) is 0 Å². The van der Waals surface area contributed by atoms with Gasteiger partial charge in [-0.15, -0.1) is 11.6 Å². The van der Waals surface area contributed by atoms with Crippen molar-refractivity contribution in [2.24, 2.45) is 0 Å². The normalized spacial score (nSPS) is 20.8. The number of hydrogen-bond acceptors (Lipinski definition) is 4. The van der Waals surface area contributed by atoms with E-state index in [1.807, 2.05) is 24.3 Å². The van der Waals surface area contributed by atoms with Gasteiger partial charge in [0, 0.05) is 19.2 Å². The van der Waals surface area contributed by atoms with Crippen LogP contribution in [-0.4, -0.2) is 55.0 Å². The molecule has 1 aliphatic carbocycles. The minimum atomic E-state index is -0.738. The third kappa shape index (κ3) is 5.86. The molecule has 29 heavy (non-hydrogen) atoms. The lowest BCUT2D eigenvalue weighted by Crippen LogP contribution is -2.49. The number of rotatable bonds is 8. The summed E-state index contributed by atoms with van der Waals surface area (Å²) < 4.78 is 11.0. The van der Waals surface area contributed by atoms with Crippen LogP contribution >= 0.6 is 11.6 Å². The summed E-state index contributed by atoms with van der Waals surface area (Å²) in [4.78, 5) is 27.7. The molecule has 1 aromatic rings. The fourth-order valence-corrected chi connectivity index (χ4v) is 4.38. The van der Waals surface area contributed by atoms with Crippen molar-refractivity contribution in [1.29, 1.82) is 0 Å². The molecule has 0 aromatic heterocycles. The molecule has 0 bridgehead atoms. The van der Waals surface area contributed by atoms with Crippen LogP contribution in [0.5, 0.6) is 5.75 Å². The molecule has 0 unspecified atom stereocenters. The second-order valence-corrected chi connectivity index (χ2v) is 8.10. The average Bonchev–Trinajstić information content (AvgIpc) is 3.27. The number of methoxy groups -OCH3 is 1. The van der Waals surface area contributed by atoms with Gasteiger partial charge in [-0.3, -0.25) is 9.59 Å². The lowest BCUT2D eigenvalue weighted by Gasteiger charge is -2.34. The molecule has 1 aliphatic heterocycles. The van der Waals surface area contributed by atoms with Crippen LogP contribution in [-0.2, 0) is 14.3 Å². The Morgan fingerprint density at radius 2 is 1.90 bits per heavy atom. The van der Waals surface area contributed by atoms with Gasteiger partial charge in [0.05, 0.1) is 13.2 Å². The lowest BCUT2D eigenvalue weighted by molar-refractivity contribution is -0.141. The first-order valence-electron chi connectivity index (χ1n) is 10.5. The summed E-state index contributed by atoms with van der Waals surface area (Å²) in [5, 5.41) is 3.18. The SMILES string of the molecule is COc1ccc([C@H](C(=O)NC2CCCCC2)N(C[C@H]2CCCO2)C(=O)CCl)cc1. The first kappa shape index (κ1) is 21.9. The second-order valence-electron chi connectivity index (χ2n) is 7.83. The number of nitrogens with one attached hydrogen (secondary N) is 1. The Morgan fingerprint density at radius 3 is 2.48 bits per heavy atom. The molecule has 1 saturated heterocycles. The molecule has 0 spiro atoms. The molecule has 2 fully saturated rings. The predicted octanol–water partition coefficient (Wildman–Crippen LogP) is 3.43. The topological polar surface area (TPSA) is 67.9 Å². The van der Waals surface area contributed by atoms with Crippen molar-refractivity contribution in [3.8, 4) is 5.75 Å². The highest BCUT2D eigenvalue weighted by Gasteiger charge is 2.34. The molecule has 2 amide bonds. The van der Waals surface area contributed by atoms with E-state index in [0.29, 0.717) is 18.9 Å². The van der Waals surface area contributed by atoms with E-state index in [1.165, 1.54) is 6.42 Å². The summed E-state index contributed by atoms with van der Waals surface area (Å²) in [6, 6.07) is 6.73. The van der Waals surface area contributed by atoms with E-state index in [2.05, 4.69) is 5.32 Å². The van der Waals surface area contributed by atoms with Gasteiger partial charge < -0.3 is 19.7 Å². The fraction of sp³-hybridized carbons (Fsp3) is 0.636. The Kier molecular flexibility index (Phi) is 8.19. The van der Waals surface area contributed by atoms with E-state index in [9.17, 15) is 9.59 Å². The highest BCUT2D eigenvalue weighted by Crippen LogP contribution is 2.27. The Labute approximate surface area is 177 Å². The van der Waals surface area contributed by atoms with Gasteiger partial charge in [0.2, 0.25) is 11.8 Å². The van der Waals surface area contributed by atoms with Crippen molar-refractivity contribution in [3.05, 3.63) is 29.8 Å². The van der Waals surface area contributed by atoms with Crippen LogP contribution < -0.4 is 10.1 Å². The predicted molar refractivity (Wildman–Crippen MR) is 112 cm³/mol. The zero-order chi connectivity index (χ0) is 20.6. The molecule has 2 aliphatic rings. The standard InChI is InChI=1S/C22H31ClN2O4/c1-28-18-11-9-16(10-12-18)21(22(27)24-17-6-3-2-4-7-17)25(20(26)14-23)15-19-8-5-13-29-19/h9-12,17,19,21H,2-8,13-15H2,1H3,(H,24,27)/t19-,21-/m1/s1. The molecular weight excluding hydrogens is 392 g/mol. The van der Waals surface area contributed by atoms with Gasteiger partial charge >= 0.3 is 0 Å². The number of amides is 2. The number of hydrogen-bond donors (Lipinski definition) is 1. The third-order valence-corrected chi connectivity index (χ3v) is 6.03. The largest absolute Gasteiger partial charge is 0.497 e. The van der Waals surface area contributed by atoms with Gasteiger partial charge in [-0.1, -0.05) is 31.4 Å². The van der Waals surface area contributed by atoms with Crippen LogP contribution in [0.15, 0.2) is 24.3 Å². The van der Waals surface area contributed by atoms with Crippen LogP contribution in [0.4, 0.5) is 0 Å². The molecule has 160 valence electrons. The van der Waals surface area contributed by atoms with Crippen molar-refractivity contribution >= 4 is 23.4 Å². The Hall–Kier alpha value is -1.79. The summed E-state index contributed by atoms with van der Waals surface area (Å²) in [6.45, 7) is 1.05. The van der Waals surface area contributed by atoms with Crippen LogP contribution in [0, 0.1) is 0 Å². The first-order chi connectivity index (χ1) is 14.1. The van der Waals surface area contributed by atoms with Crippen LogP contribution in [0.25, 0.3) is 0 Å². The molecule has 6 nitrogen and oxygen atoms in total. The fourth-order valence-electron chi connectivity index (χ4n) is 4.22. The summed E-state index contributed by atoms with van der Waals surface area (Å²) in [5.41, 5.74) is 0.746. The summed E-state index contributed by atoms with van der Waals surface area (Å²) in [7, 11) is 1.60. The van der Waals surface area contributed by atoms with Gasteiger partial charge in [0.15, 0.2) is 0 Å². The number of alkyl halides is 1. The minimum Gasteiger partial charge on any atom is -0.497 e. The van der Waals surface area contributed by atoms with E-state index in [1.54, 1.807) is 12.0 Å². The van der Waals surface area contributed by atoms with E-state index in [4.69, 9.17) is 21.1 Å². The molecular formula is C22H31ClN2O4. The zero-order valence-electron chi connectivity index (χ0n) is 17.1. The molecule has 1 heterocycles. The molecule has 1 saturated carbocycles. The molecule has 7 heteroatoms. The number of benzene rings is 1. The number of halogens is 1. The van der Waals surface area contributed by atoms with Gasteiger partial charge in [0.1, 0.15) is 17.7 Å². The molecule has 1 N–H and O–H groups in total. The average molecular weight is 423 g/mol. The van der Waals surface area contributed by atoms with Crippen molar-refractivity contribution < 1.29 is 19.1 Å². The maximum Gasteiger partial charge on any atom is 0.247 e. The van der Waals surface area contributed by atoms with Crippen molar-refractivity contribution in [2.75, 3.05) is 26.1 Å². The third-order valence-electron chi connectivity index (χ3n) is 5.80. The zero-order valence-corrected chi connectivity index (χ0v) is 17.8. The van der Waals surface area contributed by atoms with Gasteiger partial charge in [-0.05, 0) is 43.4 Å². The van der Waals surface area contributed by atoms with E-state index in [-0.39, 0.29) is 29.8 Å². The van der Waals surface area contributed by atoms with Crippen LogP contribution in [0.1, 0.15) is 56.6 Å². The van der Waals surface area contributed by atoms with Gasteiger partial charge in [-0.2, -0.15) is 0 Å². The highest BCUT2D eigenvalue weighted by atomic mass is 35.5. The quantitative estimate of drug-likeness (QED) is 0.651. The number of carbonyl (C=O) groups is 2. The van der Waals surface area contributed by atoms with E-state index in [0.717, 1.165) is 44.1 Å². The summed E-state index contributed by atoms with van der Waals surface area (Å²) in [6.07, 6.45) is 7.21. The van der Waals surface area contributed by atoms with Crippen molar-refractivity contribution in [2.45, 2.75) is 63.1 Å². The minimum absolute atomic E-state index is 0.0644. The molecule has 0 radical (unpaired) electrons.